The van der Waals surface area contributed by atoms with Gasteiger partial charge in [-0.1, -0.05) is 0 Å². The maximum atomic E-state index is 13.1. The van der Waals surface area contributed by atoms with Crippen LogP contribution in [-0.2, 0) is 14.6 Å². The van der Waals surface area contributed by atoms with Gasteiger partial charge in [-0.25, -0.2) is 17.6 Å². The molecule has 1 aromatic carbocycles. The lowest BCUT2D eigenvalue weighted by atomic mass is 9.88. The van der Waals surface area contributed by atoms with E-state index in [0.717, 1.165) is 12.8 Å². The number of nitrogens with zero attached hydrogens (tertiary/aromatic N) is 1. The predicted octanol–water partition coefficient (Wildman–Crippen LogP) is 4.42. The van der Waals surface area contributed by atoms with E-state index < -0.39 is 26.0 Å². The summed E-state index contributed by atoms with van der Waals surface area (Å²) in [6.45, 7) is 10.1. The average Bonchev–Trinajstić information content (AvgIpc) is 2.53. The van der Waals surface area contributed by atoms with E-state index in [1.54, 1.807) is 18.7 Å². The second-order valence-electron chi connectivity index (χ2n) is 8.83. The molecule has 0 radical (unpaired) electrons. The fraction of sp³-hybridized carbons (Fsp3) is 0.650. The maximum absolute atomic E-state index is 13.1. The van der Waals surface area contributed by atoms with E-state index in [1.807, 2.05) is 20.8 Å². The molecule has 0 bridgehead atoms. The summed E-state index contributed by atoms with van der Waals surface area (Å²) in [5.74, 6) is -0.254. The Morgan fingerprint density at radius 3 is 2.11 bits per heavy atom. The van der Waals surface area contributed by atoms with Crippen LogP contribution in [0.5, 0.6) is 0 Å². The molecule has 1 saturated heterocycles. The van der Waals surface area contributed by atoms with Gasteiger partial charge in [-0.05, 0) is 84.1 Å². The molecule has 1 fully saturated rings. The Morgan fingerprint density at radius 1 is 1.11 bits per heavy atom. The van der Waals surface area contributed by atoms with Crippen molar-refractivity contribution in [3.8, 4) is 0 Å². The zero-order valence-electron chi connectivity index (χ0n) is 16.8. The molecular formula is C20H30FNO4S. The summed E-state index contributed by atoms with van der Waals surface area (Å²) in [5, 5.41) is 0. The molecule has 1 heterocycles. The topological polar surface area (TPSA) is 63.7 Å². The van der Waals surface area contributed by atoms with E-state index in [1.165, 1.54) is 24.3 Å². The molecular weight excluding hydrogens is 369 g/mol. The lowest BCUT2D eigenvalue weighted by Gasteiger charge is -2.36. The molecule has 2 rings (SSSR count). The van der Waals surface area contributed by atoms with Crippen LogP contribution in [-0.4, -0.2) is 42.8 Å². The van der Waals surface area contributed by atoms with Crippen LogP contribution in [0.4, 0.5) is 9.18 Å². The summed E-state index contributed by atoms with van der Waals surface area (Å²) in [6.07, 6.45) is 1.65. The molecule has 27 heavy (non-hydrogen) atoms. The van der Waals surface area contributed by atoms with E-state index >= 15 is 0 Å². The number of halogens is 1. The average molecular weight is 400 g/mol. The van der Waals surface area contributed by atoms with Gasteiger partial charge in [0.1, 0.15) is 11.4 Å². The Kier molecular flexibility index (Phi) is 6.24. The molecule has 1 amide bonds. The van der Waals surface area contributed by atoms with Crippen molar-refractivity contribution in [2.45, 2.75) is 69.1 Å². The first-order valence-electron chi connectivity index (χ1n) is 9.30. The predicted molar refractivity (Wildman–Crippen MR) is 103 cm³/mol. The molecule has 0 unspecified atom stereocenters. The first-order chi connectivity index (χ1) is 12.3. The fourth-order valence-electron chi connectivity index (χ4n) is 3.38. The number of likely N-dealkylation sites (tertiary alicyclic amines) is 1. The standard InChI is InChI=1S/C20H30FNO4S/c1-19(2,3)26-18(23)22-12-10-15(11-13-22)14-20(4,5)27(24,25)17-8-6-16(21)7-9-17/h6-9,15H,10-14H2,1-5H3. The van der Waals surface area contributed by atoms with Gasteiger partial charge in [-0.2, -0.15) is 0 Å². The number of hydrogen-bond acceptors (Lipinski definition) is 4. The Hall–Kier alpha value is -1.63. The maximum Gasteiger partial charge on any atom is 0.410 e. The zero-order valence-corrected chi connectivity index (χ0v) is 17.6. The number of ether oxygens (including phenoxy) is 1. The van der Waals surface area contributed by atoms with Crippen LogP contribution in [0.15, 0.2) is 29.2 Å². The monoisotopic (exact) mass is 399 g/mol. The van der Waals surface area contributed by atoms with Gasteiger partial charge < -0.3 is 9.64 Å². The Morgan fingerprint density at radius 2 is 1.63 bits per heavy atom. The smallest absolute Gasteiger partial charge is 0.410 e. The third kappa shape index (κ3) is 5.43. The molecule has 0 aromatic heterocycles. The van der Waals surface area contributed by atoms with Gasteiger partial charge in [0.15, 0.2) is 9.84 Å². The van der Waals surface area contributed by atoms with Gasteiger partial charge in [-0.15, -0.1) is 0 Å². The van der Waals surface area contributed by atoms with Crippen LogP contribution in [0, 0.1) is 11.7 Å². The minimum absolute atomic E-state index is 0.139. The van der Waals surface area contributed by atoms with Crippen molar-refractivity contribution in [2.75, 3.05) is 13.1 Å². The van der Waals surface area contributed by atoms with Crippen molar-refractivity contribution in [3.63, 3.8) is 0 Å². The van der Waals surface area contributed by atoms with Crippen LogP contribution in [0.25, 0.3) is 0 Å². The summed E-state index contributed by atoms with van der Waals surface area (Å²) in [5.41, 5.74) is -0.529. The number of amides is 1. The van der Waals surface area contributed by atoms with Crippen molar-refractivity contribution in [3.05, 3.63) is 30.1 Å². The number of sulfone groups is 1. The number of piperidine rings is 1. The molecule has 0 N–H and O–H groups in total. The van der Waals surface area contributed by atoms with E-state index in [2.05, 4.69) is 0 Å². The van der Waals surface area contributed by atoms with Crippen LogP contribution < -0.4 is 0 Å². The summed E-state index contributed by atoms with van der Waals surface area (Å²) in [6, 6.07) is 4.97. The van der Waals surface area contributed by atoms with Crippen molar-refractivity contribution >= 4 is 15.9 Å². The highest BCUT2D eigenvalue weighted by Gasteiger charge is 2.39. The molecule has 152 valence electrons. The van der Waals surface area contributed by atoms with Gasteiger partial charge in [-0.3, -0.25) is 0 Å². The quantitative estimate of drug-likeness (QED) is 0.703. The minimum Gasteiger partial charge on any atom is -0.444 e. The number of hydrogen-bond donors (Lipinski definition) is 0. The highest BCUT2D eigenvalue weighted by atomic mass is 32.2. The van der Waals surface area contributed by atoms with Crippen molar-refractivity contribution < 1.29 is 22.3 Å². The molecule has 1 aliphatic rings. The van der Waals surface area contributed by atoms with Crippen LogP contribution in [0.1, 0.15) is 53.9 Å². The molecule has 0 saturated carbocycles. The van der Waals surface area contributed by atoms with Gasteiger partial charge >= 0.3 is 6.09 Å². The Labute approximate surface area is 161 Å². The third-order valence-corrected chi connectivity index (χ3v) is 7.41. The van der Waals surface area contributed by atoms with Crippen LogP contribution >= 0.6 is 0 Å². The van der Waals surface area contributed by atoms with E-state index in [-0.39, 0.29) is 16.9 Å². The highest BCUT2D eigenvalue weighted by molar-refractivity contribution is 7.92. The minimum atomic E-state index is -3.58. The third-order valence-electron chi connectivity index (χ3n) is 4.90. The van der Waals surface area contributed by atoms with Crippen molar-refractivity contribution in [1.29, 1.82) is 0 Å². The lowest BCUT2D eigenvalue weighted by Crippen LogP contribution is -2.43. The lowest BCUT2D eigenvalue weighted by molar-refractivity contribution is 0.0178. The van der Waals surface area contributed by atoms with Crippen molar-refractivity contribution in [2.24, 2.45) is 5.92 Å². The van der Waals surface area contributed by atoms with E-state index in [9.17, 15) is 17.6 Å². The first kappa shape index (κ1) is 21.7. The molecule has 0 aliphatic carbocycles. The summed E-state index contributed by atoms with van der Waals surface area (Å²) in [7, 11) is -3.58. The molecule has 1 aromatic rings. The molecule has 0 spiro atoms. The SMILES string of the molecule is CC(C)(C)OC(=O)N1CCC(CC(C)(C)S(=O)(=O)c2ccc(F)cc2)CC1. The number of benzene rings is 1. The van der Waals surface area contributed by atoms with Gasteiger partial charge in [0.05, 0.1) is 9.64 Å². The van der Waals surface area contributed by atoms with E-state index in [4.69, 9.17) is 4.74 Å². The molecule has 7 heteroatoms. The second kappa shape index (κ2) is 7.78. The first-order valence-corrected chi connectivity index (χ1v) is 10.8. The second-order valence-corrected chi connectivity index (χ2v) is 11.4. The van der Waals surface area contributed by atoms with Crippen LogP contribution in [0.2, 0.25) is 0 Å². The summed E-state index contributed by atoms with van der Waals surface area (Å²) >= 11 is 0. The normalized spacial score (nSPS) is 17.0. The number of carbonyl (C=O) groups is 1. The van der Waals surface area contributed by atoms with Crippen LogP contribution in [0.3, 0.4) is 0 Å². The molecule has 5 nitrogen and oxygen atoms in total. The summed E-state index contributed by atoms with van der Waals surface area (Å²) in [4.78, 5) is 14.0. The molecule has 1 aliphatic heterocycles. The highest BCUT2D eigenvalue weighted by Crippen LogP contribution is 2.35. The fourth-order valence-corrected chi connectivity index (χ4v) is 4.97. The zero-order chi connectivity index (χ0) is 20.5. The molecule has 0 atom stereocenters. The number of carbonyl (C=O) groups excluding carboxylic acids is 1. The van der Waals surface area contributed by atoms with Gasteiger partial charge in [0, 0.05) is 13.1 Å². The Balaban J connectivity index is 1.99. The van der Waals surface area contributed by atoms with Gasteiger partial charge in [0.25, 0.3) is 0 Å². The number of rotatable bonds is 4. The van der Waals surface area contributed by atoms with Crippen molar-refractivity contribution in [1.82, 2.24) is 4.90 Å². The summed E-state index contributed by atoms with van der Waals surface area (Å²) < 4.78 is 43.5. The van der Waals surface area contributed by atoms with E-state index in [0.29, 0.717) is 19.5 Å². The van der Waals surface area contributed by atoms with Gasteiger partial charge in [0.2, 0.25) is 0 Å². The largest absolute Gasteiger partial charge is 0.444 e. The Bertz CT molecular complexity index is 758.